The van der Waals surface area contributed by atoms with Crippen LogP contribution in [0, 0.1) is 5.92 Å². The molecule has 1 heterocycles. The van der Waals surface area contributed by atoms with Gasteiger partial charge in [0.25, 0.3) is 0 Å². The lowest BCUT2D eigenvalue weighted by Gasteiger charge is -2.17. The average Bonchev–Trinajstić information content (AvgIpc) is 3.15. The summed E-state index contributed by atoms with van der Waals surface area (Å²) in [6.45, 7) is 1.09. The van der Waals surface area contributed by atoms with Crippen molar-refractivity contribution in [3.05, 3.63) is 50.9 Å². The summed E-state index contributed by atoms with van der Waals surface area (Å²) in [5, 5.41) is 6.99. The van der Waals surface area contributed by atoms with E-state index in [1.54, 1.807) is 11.3 Å². The Labute approximate surface area is 132 Å². The van der Waals surface area contributed by atoms with Gasteiger partial charge in [0, 0.05) is 28.5 Å². The van der Waals surface area contributed by atoms with E-state index in [-0.39, 0.29) is 0 Å². The fraction of sp³-hybridized carbons (Fsp3) is 0.438. The van der Waals surface area contributed by atoms with Gasteiger partial charge < -0.3 is 5.32 Å². The molecule has 1 aromatic heterocycles. The van der Waals surface area contributed by atoms with Gasteiger partial charge in [0.15, 0.2) is 0 Å². The SMILES string of the molecule is Brc1ccccc1CC(CNC1CC1)Cc1nccs1. The highest BCUT2D eigenvalue weighted by molar-refractivity contribution is 9.10. The van der Waals surface area contributed by atoms with E-state index in [0.717, 1.165) is 25.4 Å². The molecular weight excluding hydrogens is 332 g/mol. The highest BCUT2D eigenvalue weighted by atomic mass is 79.9. The van der Waals surface area contributed by atoms with Gasteiger partial charge in [-0.3, -0.25) is 0 Å². The number of rotatable bonds is 7. The standard InChI is InChI=1S/C16H19BrN2S/c17-15-4-2-1-3-13(15)9-12(11-19-14-5-6-14)10-16-18-7-8-20-16/h1-4,7-8,12,14,19H,5-6,9-11H2. The van der Waals surface area contributed by atoms with E-state index in [0.29, 0.717) is 5.92 Å². The van der Waals surface area contributed by atoms with Crippen LogP contribution in [0.2, 0.25) is 0 Å². The first kappa shape index (κ1) is 14.2. The lowest BCUT2D eigenvalue weighted by Crippen LogP contribution is -2.27. The molecule has 0 saturated heterocycles. The molecule has 1 fully saturated rings. The minimum Gasteiger partial charge on any atom is -0.314 e. The molecule has 0 amide bonds. The fourth-order valence-electron chi connectivity index (χ4n) is 2.41. The van der Waals surface area contributed by atoms with Crippen LogP contribution in [0.5, 0.6) is 0 Å². The molecule has 1 unspecified atom stereocenters. The molecule has 1 aromatic carbocycles. The molecule has 106 valence electrons. The molecule has 1 atom stereocenters. The van der Waals surface area contributed by atoms with Crippen molar-refractivity contribution in [1.29, 1.82) is 0 Å². The number of halogens is 1. The molecule has 0 aliphatic heterocycles. The van der Waals surface area contributed by atoms with Crippen LogP contribution in [0.4, 0.5) is 0 Å². The number of nitrogens with zero attached hydrogens (tertiary/aromatic N) is 1. The Morgan fingerprint density at radius 3 is 2.85 bits per heavy atom. The molecule has 2 aromatic rings. The zero-order valence-electron chi connectivity index (χ0n) is 11.4. The largest absolute Gasteiger partial charge is 0.314 e. The summed E-state index contributed by atoms with van der Waals surface area (Å²) in [5.74, 6) is 0.612. The monoisotopic (exact) mass is 350 g/mol. The van der Waals surface area contributed by atoms with Crippen molar-refractivity contribution in [1.82, 2.24) is 10.3 Å². The zero-order chi connectivity index (χ0) is 13.8. The number of hydrogen-bond acceptors (Lipinski definition) is 3. The Morgan fingerprint density at radius 2 is 2.15 bits per heavy atom. The van der Waals surface area contributed by atoms with Gasteiger partial charge in [-0.1, -0.05) is 34.1 Å². The molecule has 4 heteroatoms. The molecule has 1 aliphatic rings. The molecular formula is C16H19BrN2S. The minimum atomic E-state index is 0.612. The van der Waals surface area contributed by atoms with Crippen molar-refractivity contribution < 1.29 is 0 Å². The summed E-state index contributed by atoms with van der Waals surface area (Å²) in [6.07, 6.45) is 6.77. The third-order valence-electron chi connectivity index (χ3n) is 3.69. The molecule has 0 bridgehead atoms. The quantitative estimate of drug-likeness (QED) is 0.814. The average molecular weight is 351 g/mol. The molecule has 2 nitrogen and oxygen atoms in total. The van der Waals surface area contributed by atoms with E-state index >= 15 is 0 Å². The van der Waals surface area contributed by atoms with E-state index in [1.807, 2.05) is 6.20 Å². The van der Waals surface area contributed by atoms with Crippen LogP contribution in [0.1, 0.15) is 23.4 Å². The van der Waals surface area contributed by atoms with E-state index in [2.05, 4.69) is 55.9 Å². The van der Waals surface area contributed by atoms with Gasteiger partial charge >= 0.3 is 0 Å². The summed E-state index contributed by atoms with van der Waals surface area (Å²) in [7, 11) is 0. The number of benzene rings is 1. The van der Waals surface area contributed by atoms with Crippen LogP contribution in [-0.2, 0) is 12.8 Å². The van der Waals surface area contributed by atoms with Crippen LogP contribution in [-0.4, -0.2) is 17.6 Å². The molecule has 1 saturated carbocycles. The van der Waals surface area contributed by atoms with E-state index in [4.69, 9.17) is 0 Å². The smallest absolute Gasteiger partial charge is 0.0928 e. The summed E-state index contributed by atoms with van der Waals surface area (Å²) in [4.78, 5) is 4.44. The molecule has 0 spiro atoms. The molecule has 1 aliphatic carbocycles. The summed E-state index contributed by atoms with van der Waals surface area (Å²) in [6, 6.07) is 9.31. The maximum absolute atomic E-state index is 4.44. The Hall–Kier alpha value is -0.710. The highest BCUT2D eigenvalue weighted by Crippen LogP contribution is 2.24. The third kappa shape index (κ3) is 4.14. The minimum absolute atomic E-state index is 0.612. The van der Waals surface area contributed by atoms with Gasteiger partial charge in [0.05, 0.1) is 5.01 Å². The van der Waals surface area contributed by atoms with Crippen LogP contribution in [0.15, 0.2) is 40.3 Å². The molecule has 1 N–H and O–H groups in total. The molecule has 0 radical (unpaired) electrons. The Morgan fingerprint density at radius 1 is 1.30 bits per heavy atom. The van der Waals surface area contributed by atoms with Gasteiger partial charge in [-0.05, 0) is 43.4 Å². The number of thiazole rings is 1. The lowest BCUT2D eigenvalue weighted by atomic mass is 9.96. The fourth-order valence-corrected chi connectivity index (χ4v) is 3.59. The van der Waals surface area contributed by atoms with Gasteiger partial charge in [-0.15, -0.1) is 11.3 Å². The predicted molar refractivity (Wildman–Crippen MR) is 88.2 cm³/mol. The van der Waals surface area contributed by atoms with Crippen LogP contribution < -0.4 is 5.32 Å². The maximum atomic E-state index is 4.44. The van der Waals surface area contributed by atoms with Gasteiger partial charge in [0.1, 0.15) is 0 Å². The third-order valence-corrected chi connectivity index (χ3v) is 5.26. The van der Waals surface area contributed by atoms with Crippen molar-refractivity contribution in [2.24, 2.45) is 5.92 Å². The van der Waals surface area contributed by atoms with Crippen molar-refractivity contribution >= 4 is 27.3 Å². The normalized spacial score (nSPS) is 16.2. The van der Waals surface area contributed by atoms with Crippen LogP contribution >= 0.6 is 27.3 Å². The van der Waals surface area contributed by atoms with Gasteiger partial charge in [-0.25, -0.2) is 4.98 Å². The Bertz CT molecular complexity index is 537. The number of aromatic nitrogens is 1. The second kappa shape index (κ2) is 6.83. The maximum Gasteiger partial charge on any atom is 0.0928 e. The van der Waals surface area contributed by atoms with Crippen molar-refractivity contribution in [2.75, 3.05) is 6.54 Å². The van der Waals surface area contributed by atoms with E-state index in [1.165, 1.54) is 27.9 Å². The van der Waals surface area contributed by atoms with Crippen molar-refractivity contribution in [2.45, 2.75) is 31.7 Å². The van der Waals surface area contributed by atoms with Gasteiger partial charge in [0.2, 0.25) is 0 Å². The van der Waals surface area contributed by atoms with Crippen molar-refractivity contribution in [3.63, 3.8) is 0 Å². The second-order valence-electron chi connectivity index (χ2n) is 5.47. The highest BCUT2D eigenvalue weighted by Gasteiger charge is 2.22. The first-order valence-corrected chi connectivity index (χ1v) is 8.83. The number of hydrogen-bond donors (Lipinski definition) is 1. The van der Waals surface area contributed by atoms with Crippen molar-refractivity contribution in [3.8, 4) is 0 Å². The Balaban J connectivity index is 1.65. The van der Waals surface area contributed by atoms with Crippen LogP contribution in [0.25, 0.3) is 0 Å². The van der Waals surface area contributed by atoms with E-state index in [9.17, 15) is 0 Å². The first-order chi connectivity index (χ1) is 9.81. The Kier molecular flexibility index (Phi) is 4.86. The molecule has 20 heavy (non-hydrogen) atoms. The second-order valence-corrected chi connectivity index (χ2v) is 7.31. The summed E-state index contributed by atoms with van der Waals surface area (Å²) in [5.41, 5.74) is 1.40. The number of nitrogens with one attached hydrogen (secondary N) is 1. The van der Waals surface area contributed by atoms with Crippen LogP contribution in [0.3, 0.4) is 0 Å². The van der Waals surface area contributed by atoms with Gasteiger partial charge in [-0.2, -0.15) is 0 Å². The molecule has 3 rings (SSSR count). The summed E-state index contributed by atoms with van der Waals surface area (Å²) >= 11 is 5.43. The predicted octanol–water partition coefficient (Wildman–Crippen LogP) is 4.06. The van der Waals surface area contributed by atoms with E-state index < -0.39 is 0 Å². The lowest BCUT2D eigenvalue weighted by molar-refractivity contribution is 0.467. The first-order valence-electron chi connectivity index (χ1n) is 7.16. The topological polar surface area (TPSA) is 24.9 Å². The summed E-state index contributed by atoms with van der Waals surface area (Å²) < 4.78 is 1.22. The zero-order valence-corrected chi connectivity index (χ0v) is 13.8.